The van der Waals surface area contributed by atoms with Crippen LogP contribution < -0.4 is 0 Å². The van der Waals surface area contributed by atoms with Crippen molar-refractivity contribution in [1.29, 1.82) is 0 Å². The molecule has 0 atom stereocenters. The fraction of sp³-hybridized carbons (Fsp3) is 0. The number of hydrogen-bond donors (Lipinski definition) is 2. The van der Waals surface area contributed by atoms with E-state index in [0.29, 0.717) is 0 Å². The zero-order valence-corrected chi connectivity index (χ0v) is 16.6. The summed E-state index contributed by atoms with van der Waals surface area (Å²) in [4.78, 5) is 43.1. The van der Waals surface area contributed by atoms with Crippen molar-refractivity contribution in [1.82, 2.24) is 0 Å². The molecule has 0 radical (unpaired) electrons. The number of nitro benzene ring substituents is 2. The van der Waals surface area contributed by atoms with Crippen molar-refractivity contribution in [3.63, 3.8) is 0 Å². The van der Waals surface area contributed by atoms with E-state index in [1.807, 2.05) is 0 Å². The van der Waals surface area contributed by atoms with Gasteiger partial charge in [0.05, 0.1) is 9.85 Å². The van der Waals surface area contributed by atoms with E-state index in [-0.39, 0.29) is 9.79 Å². The van der Waals surface area contributed by atoms with E-state index in [1.165, 1.54) is 12.1 Å². The molecular formula is C14H8N2O8S4. The van der Waals surface area contributed by atoms with Crippen molar-refractivity contribution in [3.8, 4) is 0 Å². The molecule has 28 heavy (non-hydrogen) atoms. The molecule has 0 aromatic heterocycles. The van der Waals surface area contributed by atoms with E-state index in [0.717, 1.165) is 35.1 Å². The topological polar surface area (TPSA) is 161 Å². The standard InChI is InChI=1S/C14H8N2O8S4/c17-13(18)9-5-7(1-3-11(9)15(21)22)27-28(25,26)8-2-4-12(16(23)24)10(6-8)14(19)20/h1-6H,(H,17,18)(H,19,20). The highest BCUT2D eigenvalue weighted by Gasteiger charge is 2.24. The predicted molar refractivity (Wildman–Crippen MR) is 106 cm³/mol. The van der Waals surface area contributed by atoms with Gasteiger partial charge in [-0.05, 0) is 63.6 Å². The van der Waals surface area contributed by atoms with E-state index in [2.05, 4.69) is 0 Å². The van der Waals surface area contributed by atoms with E-state index in [1.54, 1.807) is 0 Å². The van der Waals surface area contributed by atoms with E-state index in [9.17, 15) is 34.9 Å². The van der Waals surface area contributed by atoms with Gasteiger partial charge in [0.15, 0.2) is 0 Å². The Bertz CT molecular complexity index is 1130. The number of benzene rings is 2. The number of nitro groups is 2. The lowest BCUT2D eigenvalue weighted by Crippen LogP contribution is -2.05. The van der Waals surface area contributed by atoms with Crippen LogP contribution >= 0.6 is 10.8 Å². The molecule has 2 N–H and O–H groups in total. The molecule has 0 amide bonds. The van der Waals surface area contributed by atoms with Gasteiger partial charge in [0, 0.05) is 21.9 Å². The third kappa shape index (κ3) is 4.59. The van der Waals surface area contributed by atoms with E-state index in [4.69, 9.17) is 27.5 Å². The lowest BCUT2D eigenvalue weighted by molar-refractivity contribution is -0.385. The molecule has 0 spiro atoms. The first-order chi connectivity index (χ1) is 12.9. The van der Waals surface area contributed by atoms with Crippen LogP contribution in [-0.2, 0) is 28.6 Å². The first-order valence-corrected chi connectivity index (χ1v) is 11.7. The maximum atomic E-state index is 11.3. The normalized spacial score (nSPS) is 11.0. The molecule has 0 unspecified atom stereocenters. The highest BCUT2D eigenvalue weighted by atomic mass is 33.5. The molecule has 2 aromatic rings. The molecule has 0 aliphatic heterocycles. The highest BCUT2D eigenvalue weighted by molar-refractivity contribution is 8.98. The van der Waals surface area contributed by atoms with Crippen LogP contribution in [0.15, 0.2) is 46.2 Å². The molecule has 10 nitrogen and oxygen atoms in total. The van der Waals surface area contributed by atoms with Crippen molar-refractivity contribution in [2.45, 2.75) is 9.79 Å². The molecule has 2 rings (SSSR count). The van der Waals surface area contributed by atoms with Crippen LogP contribution in [0.2, 0.25) is 0 Å². The number of aromatic carboxylic acids is 2. The van der Waals surface area contributed by atoms with Gasteiger partial charge >= 0.3 is 11.9 Å². The Morgan fingerprint density at radius 3 is 1.82 bits per heavy atom. The summed E-state index contributed by atoms with van der Waals surface area (Å²) in [5, 5.41) is 40.2. The number of carbonyl (C=O) groups is 2. The Kier molecular flexibility index (Phi) is 6.28. The molecule has 0 fully saturated rings. The maximum absolute atomic E-state index is 11.3. The zero-order chi connectivity index (χ0) is 21.2. The molecule has 2 aromatic carbocycles. The molecule has 0 aliphatic carbocycles. The summed E-state index contributed by atoms with van der Waals surface area (Å²) in [5.41, 5.74) is -2.35. The summed E-state index contributed by atoms with van der Waals surface area (Å²) in [6.45, 7) is 0. The van der Waals surface area contributed by atoms with Crippen molar-refractivity contribution in [2.75, 3.05) is 0 Å². The van der Waals surface area contributed by atoms with Gasteiger partial charge in [-0.15, -0.1) is 0 Å². The zero-order valence-electron chi connectivity index (χ0n) is 13.3. The average Bonchev–Trinajstić information content (AvgIpc) is 2.60. The first-order valence-electron chi connectivity index (χ1n) is 6.92. The number of carboxylic acids is 2. The summed E-state index contributed by atoms with van der Waals surface area (Å²) in [6, 6.07) is 6.58. The largest absolute Gasteiger partial charge is 0.477 e. The van der Waals surface area contributed by atoms with Crippen LogP contribution in [-0.4, -0.2) is 32.0 Å². The van der Waals surface area contributed by atoms with Gasteiger partial charge in [-0.3, -0.25) is 20.2 Å². The summed E-state index contributed by atoms with van der Waals surface area (Å²) in [7, 11) is 0.850. The molecule has 0 saturated carbocycles. The Balaban J connectivity index is 2.49. The van der Waals surface area contributed by atoms with Gasteiger partial charge in [-0.1, -0.05) is 0 Å². The Hall–Kier alpha value is -2.68. The smallest absolute Gasteiger partial charge is 0.342 e. The minimum atomic E-state index is -2.65. The molecular weight excluding hydrogens is 452 g/mol. The molecule has 0 aliphatic rings. The van der Waals surface area contributed by atoms with Gasteiger partial charge in [0.25, 0.3) is 11.4 Å². The fourth-order valence-corrected chi connectivity index (χ4v) is 6.92. The summed E-state index contributed by atoms with van der Waals surface area (Å²) < 4.78 is 0. The first kappa shape index (κ1) is 21.6. The minimum absolute atomic E-state index is 0.167. The molecule has 0 bridgehead atoms. The average molecular weight is 460 g/mol. The van der Waals surface area contributed by atoms with Gasteiger partial charge in [0.1, 0.15) is 11.1 Å². The van der Waals surface area contributed by atoms with Crippen LogP contribution in [0.5, 0.6) is 0 Å². The van der Waals surface area contributed by atoms with E-state index >= 15 is 0 Å². The summed E-state index contributed by atoms with van der Waals surface area (Å²) in [6.07, 6.45) is -2.65. The molecule has 146 valence electrons. The van der Waals surface area contributed by atoms with Crippen LogP contribution in [0.3, 0.4) is 0 Å². The second-order valence-corrected chi connectivity index (χ2v) is 13.9. The van der Waals surface area contributed by atoms with Crippen LogP contribution in [0, 0.1) is 20.2 Å². The monoisotopic (exact) mass is 460 g/mol. The van der Waals surface area contributed by atoms with Gasteiger partial charge < -0.3 is 10.2 Å². The number of rotatable bonds is 7. The second kappa shape index (κ2) is 8.14. The molecule has 14 heteroatoms. The van der Waals surface area contributed by atoms with Crippen LogP contribution in [0.1, 0.15) is 20.7 Å². The third-order valence-electron chi connectivity index (χ3n) is 3.28. The second-order valence-electron chi connectivity index (χ2n) is 5.02. The van der Waals surface area contributed by atoms with Crippen LogP contribution in [0.4, 0.5) is 11.4 Å². The SMILES string of the molecule is O=C(O)c1cc(SS(=S)(=S)c2ccc([N+](=O)[O-])c(C(=O)O)c2)ccc1[N+](=O)[O-]. The van der Waals surface area contributed by atoms with Crippen molar-refractivity contribution >= 4 is 62.7 Å². The minimum Gasteiger partial charge on any atom is -0.477 e. The number of carboxylic acid groups (broad SMARTS) is 2. The quantitative estimate of drug-likeness (QED) is 0.355. The van der Waals surface area contributed by atoms with Crippen molar-refractivity contribution in [3.05, 3.63) is 67.8 Å². The lowest BCUT2D eigenvalue weighted by Gasteiger charge is -2.11. The predicted octanol–water partition coefficient (Wildman–Crippen LogP) is 3.04. The number of nitrogens with zero attached hydrogens (tertiary/aromatic N) is 2. The van der Waals surface area contributed by atoms with Gasteiger partial charge in [-0.25, -0.2) is 9.59 Å². The Labute approximate surface area is 169 Å². The van der Waals surface area contributed by atoms with Crippen molar-refractivity contribution < 1.29 is 29.6 Å². The van der Waals surface area contributed by atoms with Crippen molar-refractivity contribution in [2.24, 2.45) is 0 Å². The number of hydrogen-bond acceptors (Lipinski definition) is 9. The summed E-state index contributed by atoms with van der Waals surface area (Å²) in [5.74, 6) is -3.03. The maximum Gasteiger partial charge on any atom is 0.342 e. The van der Waals surface area contributed by atoms with Gasteiger partial charge in [-0.2, -0.15) is 0 Å². The Morgan fingerprint density at radius 1 is 0.893 bits per heavy atom. The summed E-state index contributed by atoms with van der Waals surface area (Å²) >= 11 is 10.7. The third-order valence-corrected chi connectivity index (χ3v) is 8.97. The van der Waals surface area contributed by atoms with Crippen LogP contribution in [0.25, 0.3) is 0 Å². The molecule has 0 saturated heterocycles. The Morgan fingerprint density at radius 2 is 1.36 bits per heavy atom. The van der Waals surface area contributed by atoms with E-state index < -0.39 is 50.5 Å². The van der Waals surface area contributed by atoms with Gasteiger partial charge in [0.2, 0.25) is 0 Å². The lowest BCUT2D eigenvalue weighted by atomic mass is 10.2. The fourth-order valence-electron chi connectivity index (χ4n) is 2.07. The molecule has 0 heterocycles. The highest BCUT2D eigenvalue weighted by Crippen LogP contribution is 2.36.